The quantitative estimate of drug-likeness (QED) is 0.0641. The highest BCUT2D eigenvalue weighted by atomic mass is 32.2. The van der Waals surface area contributed by atoms with Crippen LogP contribution in [0.2, 0.25) is 0 Å². The van der Waals surface area contributed by atoms with Crippen molar-refractivity contribution in [3.8, 4) is 5.75 Å². The number of benzene rings is 4. The summed E-state index contributed by atoms with van der Waals surface area (Å²) in [5, 5.41) is 20.9. The van der Waals surface area contributed by atoms with Crippen molar-refractivity contribution in [1.29, 1.82) is 0 Å². The lowest BCUT2D eigenvalue weighted by Crippen LogP contribution is -2.64. The number of nitrogens with two attached hydrogens (primary N) is 1. The number of nitrogens with zero attached hydrogens (tertiary/aromatic N) is 2. The highest BCUT2D eigenvalue weighted by Crippen LogP contribution is 2.34. The van der Waals surface area contributed by atoms with Crippen molar-refractivity contribution < 1.29 is 56.7 Å². The van der Waals surface area contributed by atoms with Gasteiger partial charge in [-0.3, -0.25) is 43.2 Å². The van der Waals surface area contributed by atoms with E-state index in [-0.39, 0.29) is 69.8 Å². The molecule has 0 aliphatic carbocycles. The van der Waals surface area contributed by atoms with Crippen LogP contribution in [0.3, 0.4) is 0 Å². The molecular weight excluding hydrogens is 1270 g/mol. The number of fused-ring (bicyclic) bond motifs is 6. The van der Waals surface area contributed by atoms with Crippen LogP contribution in [0.5, 0.6) is 5.75 Å². The second kappa shape index (κ2) is 33.0. The average Bonchev–Trinajstić information content (AvgIpc) is 1.50. The number of ether oxygens (including phenoxy) is 1. The third-order valence-corrected chi connectivity index (χ3v) is 20.5. The van der Waals surface area contributed by atoms with Gasteiger partial charge < -0.3 is 67.5 Å². The molecule has 2 bridgehead atoms. The van der Waals surface area contributed by atoms with Crippen molar-refractivity contribution in [2.24, 2.45) is 5.73 Å². The van der Waals surface area contributed by atoms with E-state index >= 15 is 23.6 Å². The van der Waals surface area contributed by atoms with E-state index in [1.54, 1.807) is 81.0 Å². The maximum absolute atomic E-state index is 15.6. The summed E-state index contributed by atoms with van der Waals surface area (Å²) in [5.41, 5.74) is 7.62. The first kappa shape index (κ1) is 71.8. The molecule has 0 radical (unpaired) electrons. The van der Waals surface area contributed by atoms with Gasteiger partial charge in [-0.15, -0.1) is 0 Å². The zero-order chi connectivity index (χ0) is 68.7. The molecule has 9 rings (SSSR count). The Labute approximate surface area is 566 Å². The van der Waals surface area contributed by atoms with Crippen molar-refractivity contribution in [3.63, 3.8) is 0 Å². The lowest BCUT2D eigenvalue weighted by Gasteiger charge is -2.38. The van der Waals surface area contributed by atoms with Crippen LogP contribution < -0.4 is 47.7 Å². The Balaban J connectivity index is 1.03. The number of hydrogen-bond acceptors (Lipinski definition) is 13. The molecule has 0 unspecified atom stereocenters. The maximum Gasteiger partial charge on any atom is 0.246 e. The van der Waals surface area contributed by atoms with E-state index in [2.05, 4.69) is 53.3 Å². The number of thioether (sulfide) groups is 2. The number of rotatable bonds is 12. The second-order valence-electron chi connectivity index (χ2n) is 25.4. The Morgan fingerprint density at radius 2 is 1.14 bits per heavy atom. The molecule has 9 amide bonds. The van der Waals surface area contributed by atoms with Crippen LogP contribution in [0.4, 0.5) is 8.78 Å². The van der Waals surface area contributed by atoms with Crippen molar-refractivity contribution in [3.05, 3.63) is 137 Å². The van der Waals surface area contributed by atoms with Gasteiger partial charge in [-0.1, -0.05) is 43.3 Å². The fraction of sp³-hybridized carbons (Fsp3) is 0.471. The molecule has 4 aromatic carbocycles. The Morgan fingerprint density at radius 3 is 1.72 bits per heavy atom. The van der Waals surface area contributed by atoms with E-state index in [1.807, 2.05) is 18.2 Å². The number of nitrogens with one attached hydrogen (secondary N) is 9. The molecule has 6 aromatic rings. The molecule has 2 aromatic heterocycles. The molecule has 96 heavy (non-hydrogen) atoms. The highest BCUT2D eigenvalue weighted by molar-refractivity contribution is 7.98. The zero-order valence-electron chi connectivity index (χ0n) is 55.0. The molecule has 0 saturated carbocycles. The van der Waals surface area contributed by atoms with Crippen molar-refractivity contribution in [1.82, 2.24) is 57.0 Å². The number of carbonyl (C=O) groups is 9. The lowest BCUT2D eigenvalue weighted by atomic mass is 9.94. The van der Waals surface area contributed by atoms with Crippen LogP contribution in [0.15, 0.2) is 97.3 Å². The molecule has 514 valence electrons. The molecule has 3 aliphatic heterocycles. The monoisotopic (exact) mass is 1360 g/mol. The number of hydrogen-bond donors (Lipinski definition) is 10. The first-order valence-corrected chi connectivity index (χ1v) is 35.2. The predicted octanol–water partition coefficient (Wildman–Crippen LogP) is 5.88. The fourth-order valence-electron chi connectivity index (χ4n) is 12.9. The fourth-order valence-corrected chi connectivity index (χ4v) is 14.6. The maximum atomic E-state index is 15.6. The summed E-state index contributed by atoms with van der Waals surface area (Å²) in [4.78, 5) is 141. The van der Waals surface area contributed by atoms with E-state index in [4.69, 9.17) is 10.5 Å². The van der Waals surface area contributed by atoms with E-state index in [1.165, 1.54) is 60.2 Å². The molecule has 26 heteroatoms. The number of methoxy groups -OCH3 is 1. The van der Waals surface area contributed by atoms with Crippen LogP contribution in [0.25, 0.3) is 21.8 Å². The molecule has 22 nitrogen and oxygen atoms in total. The van der Waals surface area contributed by atoms with Crippen LogP contribution >= 0.6 is 23.5 Å². The zero-order valence-corrected chi connectivity index (χ0v) is 56.6. The van der Waals surface area contributed by atoms with E-state index in [0.29, 0.717) is 112 Å². The molecule has 3 aliphatic rings. The predicted molar refractivity (Wildman–Crippen MR) is 366 cm³/mol. The molecule has 0 spiro atoms. The number of unbranched alkanes of at least 4 members (excludes halogenated alkanes) is 1. The number of aromatic amines is 2. The van der Waals surface area contributed by atoms with Gasteiger partial charge in [-0.25, -0.2) is 8.78 Å². The molecule has 11 N–H and O–H groups in total. The van der Waals surface area contributed by atoms with E-state index in [9.17, 15) is 28.4 Å². The first-order valence-electron chi connectivity index (χ1n) is 32.9. The Morgan fingerprint density at radius 1 is 0.594 bits per heavy atom. The first-order chi connectivity index (χ1) is 46.1. The van der Waals surface area contributed by atoms with Gasteiger partial charge in [0.15, 0.2) is 0 Å². The number of halogens is 2. The second-order valence-corrected chi connectivity index (χ2v) is 27.6. The standard InChI is InChI=1S/C70H88F2N12O10S2/c1-6-53-62(87)80-58(33-43-15-19-50(94-5)20-16-43)65(90)83-28-10-24-69(83,3)67(92)74-27-31-96-41-45-13-9-12-44(32-45)40-95-30-23-60(85)78-56(14-7-8-26-73)63(88)77-42(2)61(86)79-57(34-46-38-75-54-21-17-48(71)36-51(46)54)64(89)81-59(35-47-39-76-55-22-18-49(72)37-52(47)55)66(91)84-29-11-25-70(84,4)68(93)82-53/h9,12-13,15-22,32,36-39,42,53,56-59,75-76H,6-8,10-11,14,23-31,33-35,40-41,73H2,1-5H3,(H,74,92)(H,77,88)(H,78,85)(H,79,86)(H,80,87)(H,81,89)(H,82,93)/t42-,53+,56+,57+,58+,59+,69+,70+/m1/s1. The molecule has 2 saturated heterocycles. The summed E-state index contributed by atoms with van der Waals surface area (Å²) < 4.78 is 35.3. The lowest BCUT2D eigenvalue weighted by molar-refractivity contribution is -0.148. The van der Waals surface area contributed by atoms with Crippen molar-refractivity contribution in [2.45, 2.75) is 164 Å². The summed E-state index contributed by atoms with van der Waals surface area (Å²) >= 11 is 3.19. The Bertz CT molecular complexity index is 3800. The third kappa shape index (κ3) is 17.7. The summed E-state index contributed by atoms with van der Waals surface area (Å²) in [5.74, 6) is -3.92. The minimum atomic E-state index is -1.64. The average molecular weight is 1360 g/mol. The molecular formula is C70H88F2N12O10S2. The molecule has 8 atom stereocenters. The normalized spacial score (nSPS) is 24.8. The number of carbonyl (C=O) groups excluding carboxylic acids is 9. The third-order valence-electron chi connectivity index (χ3n) is 18.5. The number of aromatic nitrogens is 2. The van der Waals surface area contributed by atoms with Crippen molar-refractivity contribution in [2.75, 3.05) is 44.8 Å². The Hall–Kier alpha value is -8.49. The van der Waals surface area contributed by atoms with Gasteiger partial charge in [-0.05, 0) is 155 Å². The van der Waals surface area contributed by atoms with Gasteiger partial charge in [0.25, 0.3) is 0 Å². The van der Waals surface area contributed by atoms with Crippen molar-refractivity contribution >= 4 is 98.5 Å². The van der Waals surface area contributed by atoms with Gasteiger partial charge in [-0.2, -0.15) is 23.5 Å². The summed E-state index contributed by atoms with van der Waals surface area (Å²) in [6, 6.07) is 15.5. The van der Waals surface area contributed by atoms with Gasteiger partial charge in [0, 0.05) is 103 Å². The van der Waals surface area contributed by atoms with Crippen LogP contribution in [0.1, 0.15) is 113 Å². The Kier molecular flexibility index (Phi) is 24.7. The minimum absolute atomic E-state index is 0.0217. The van der Waals surface area contributed by atoms with Gasteiger partial charge >= 0.3 is 0 Å². The number of H-pyrrole nitrogens is 2. The summed E-state index contributed by atoms with van der Waals surface area (Å²) in [6.45, 7) is 7.34. The number of amides is 9. The largest absolute Gasteiger partial charge is 0.497 e. The van der Waals surface area contributed by atoms with Gasteiger partial charge in [0.2, 0.25) is 53.2 Å². The van der Waals surface area contributed by atoms with E-state index in [0.717, 1.165) is 11.1 Å². The summed E-state index contributed by atoms with van der Waals surface area (Å²) in [6.07, 6.45) is 5.41. The molecule has 2 fully saturated rings. The van der Waals surface area contributed by atoms with Crippen LogP contribution in [-0.2, 0) is 73.9 Å². The smallest absolute Gasteiger partial charge is 0.246 e. The van der Waals surface area contributed by atoms with Gasteiger partial charge in [0.05, 0.1) is 7.11 Å². The van der Waals surface area contributed by atoms with Crippen LogP contribution in [0, 0.1) is 11.6 Å². The highest BCUT2D eigenvalue weighted by Gasteiger charge is 2.50. The topological polar surface area (TPSA) is 311 Å². The van der Waals surface area contributed by atoms with Crippen LogP contribution in [-0.4, -0.2) is 165 Å². The SMILES string of the molecule is CC[C@@H]1NC(=O)[C@]2(C)CCCN2C(=O)[C@H](Cc2c[nH]c3ccc(F)cc23)NC(=O)[C@H](Cc2c[nH]c3ccc(F)cc23)NC(=O)[C@@H](C)NC(=O)[C@H](CCCCN)NC(=O)CCSCc2cccc(c2)CSCCNC(=O)[C@]2(C)CCCN2C(=O)[C@H](Cc2ccc(OC)cc2)NC1=O. The minimum Gasteiger partial charge on any atom is -0.497 e. The van der Waals surface area contributed by atoms with E-state index < -0.39 is 100 Å². The van der Waals surface area contributed by atoms with Gasteiger partial charge in [0.1, 0.15) is 64.7 Å². The molecule has 5 heterocycles. The summed E-state index contributed by atoms with van der Waals surface area (Å²) in [7, 11) is 1.53.